The highest BCUT2D eigenvalue weighted by Gasteiger charge is 2.30. The molecular weight excluding hydrogens is 1160 g/mol. The number of amides is 4. The van der Waals surface area contributed by atoms with Crippen LogP contribution in [-0.2, 0) is 80.9 Å². The van der Waals surface area contributed by atoms with Crippen molar-refractivity contribution in [2.24, 2.45) is 0 Å². The zero-order valence-corrected chi connectivity index (χ0v) is 41.7. The monoisotopic (exact) mass is 1190 g/mol. The Morgan fingerprint density at radius 3 is 0.838 bits per heavy atom. The van der Waals surface area contributed by atoms with Gasteiger partial charge in [0.2, 0.25) is 0 Å². The molecule has 0 bridgehead atoms. The standard InChI is InChI=1S/C35H26N4O27S8/c40-33(38-25-11-19(67(43,44)45)5-15-7-21(69(49,50)51)13-29(31(15)25)73(61,62)63)23-3-1-17(9-27(23)71(55,56)57)36-35(42)37-18-2-4-24(28(10-18)72(58,59)60)34(41)39-26-12-20(68(46,47)48)6-16-8-22(70(52,53)54)14-30(32(16)26)74(64,65)66/h1-14H,(H,38,40)(H,39,41)(H2,36,37,42)(H,43,44,45)(H,46,47,48)(H,49,50,51)(H,52,53,54)(H,55,56,57)(H,58,59,60)(H,61,62,63)(H,64,65,66). The Bertz CT molecular complexity index is 4170. The van der Waals surface area contributed by atoms with Gasteiger partial charge in [0.1, 0.15) is 19.6 Å². The lowest BCUT2D eigenvalue weighted by Crippen LogP contribution is -2.22. The summed E-state index contributed by atoms with van der Waals surface area (Å²) in [5.74, 6) is -3.32. The number of benzene rings is 6. The van der Waals surface area contributed by atoms with E-state index in [9.17, 15) is 118 Å². The minimum Gasteiger partial charge on any atom is -0.321 e. The molecule has 0 saturated heterocycles. The molecule has 12 N–H and O–H groups in total. The average Bonchev–Trinajstić information content (AvgIpc) is 3.22. The third kappa shape index (κ3) is 12.5. The summed E-state index contributed by atoms with van der Waals surface area (Å²) in [5.41, 5.74) is -5.39. The lowest BCUT2D eigenvalue weighted by atomic mass is 10.1. The van der Waals surface area contributed by atoms with E-state index in [0.717, 1.165) is 12.1 Å². The lowest BCUT2D eigenvalue weighted by molar-refractivity contribution is 0.101. The second-order valence-corrected chi connectivity index (χ2v) is 25.9. The van der Waals surface area contributed by atoms with Gasteiger partial charge in [-0.05, 0) is 95.7 Å². The van der Waals surface area contributed by atoms with Crippen LogP contribution in [0.15, 0.2) is 124 Å². The Kier molecular flexibility index (Phi) is 14.5. The molecule has 0 aliphatic heterocycles. The minimum atomic E-state index is -5.56. The molecule has 0 saturated carbocycles. The Hall–Kier alpha value is -6.67. The van der Waals surface area contributed by atoms with E-state index in [0.29, 0.717) is 60.7 Å². The first-order valence-electron chi connectivity index (χ1n) is 18.5. The number of carbonyl (C=O) groups excluding carboxylic acids is 3. The van der Waals surface area contributed by atoms with Crippen molar-refractivity contribution >= 4 is 143 Å². The van der Waals surface area contributed by atoms with E-state index in [2.05, 4.69) is 0 Å². The van der Waals surface area contributed by atoms with Crippen molar-refractivity contribution in [3.63, 3.8) is 0 Å². The van der Waals surface area contributed by atoms with Crippen molar-refractivity contribution in [2.45, 2.75) is 39.2 Å². The molecule has 0 unspecified atom stereocenters. The summed E-state index contributed by atoms with van der Waals surface area (Å²) in [7, 11) is -43.5. The summed E-state index contributed by atoms with van der Waals surface area (Å²) >= 11 is 0. The first-order chi connectivity index (χ1) is 33.4. The van der Waals surface area contributed by atoms with Gasteiger partial charge in [-0.25, -0.2) is 4.79 Å². The predicted molar refractivity (Wildman–Crippen MR) is 248 cm³/mol. The van der Waals surface area contributed by atoms with Crippen molar-refractivity contribution in [2.75, 3.05) is 21.3 Å². The highest BCUT2D eigenvalue weighted by Crippen LogP contribution is 2.38. The fraction of sp³-hybridized carbons (Fsp3) is 0. The molecule has 6 aromatic carbocycles. The second kappa shape index (κ2) is 18.9. The largest absolute Gasteiger partial charge is 0.323 e. The van der Waals surface area contributed by atoms with E-state index in [1.807, 2.05) is 21.3 Å². The van der Waals surface area contributed by atoms with Gasteiger partial charge in [-0.3, -0.25) is 46.0 Å². The maximum atomic E-state index is 13.6. The number of nitrogens with one attached hydrogen (secondary N) is 4. The first kappa shape index (κ1) is 56.6. The summed E-state index contributed by atoms with van der Waals surface area (Å²) in [4.78, 5) is 30.0. The van der Waals surface area contributed by atoms with Crippen molar-refractivity contribution < 1.29 is 118 Å². The lowest BCUT2D eigenvalue weighted by Gasteiger charge is -2.16. The molecule has 0 fully saturated rings. The first-order valence-corrected chi connectivity index (χ1v) is 30.0. The fourth-order valence-corrected chi connectivity index (χ4v) is 12.0. The fourth-order valence-electron chi connectivity index (χ4n) is 6.72. The quantitative estimate of drug-likeness (QED) is 0.0695. The summed E-state index contributed by atoms with van der Waals surface area (Å²) in [6.07, 6.45) is 0. The smallest absolute Gasteiger partial charge is 0.321 e. The van der Waals surface area contributed by atoms with Crippen LogP contribution in [0.3, 0.4) is 0 Å². The van der Waals surface area contributed by atoms with Crippen LogP contribution in [0.1, 0.15) is 20.7 Å². The topological polar surface area (TPSA) is 534 Å². The third-order valence-corrected chi connectivity index (χ3v) is 16.6. The summed E-state index contributed by atoms with van der Waals surface area (Å²) in [6, 6.07) is 4.97. The number of hydrogen-bond acceptors (Lipinski definition) is 19. The highest BCUT2D eigenvalue weighted by molar-refractivity contribution is 7.88. The van der Waals surface area contributed by atoms with E-state index < -0.39 is 193 Å². The van der Waals surface area contributed by atoms with Crippen LogP contribution in [0.5, 0.6) is 0 Å². The molecule has 39 heteroatoms. The number of anilines is 4. The molecule has 0 heterocycles. The Labute approximate surface area is 415 Å². The summed E-state index contributed by atoms with van der Waals surface area (Å²) in [6.45, 7) is 0. The van der Waals surface area contributed by atoms with Gasteiger partial charge in [-0.15, -0.1) is 0 Å². The van der Waals surface area contributed by atoms with Crippen LogP contribution in [-0.4, -0.2) is 122 Å². The normalized spacial score (nSPS) is 13.1. The Morgan fingerprint density at radius 1 is 0.311 bits per heavy atom. The summed E-state index contributed by atoms with van der Waals surface area (Å²) < 4.78 is 274. The van der Waals surface area contributed by atoms with Gasteiger partial charge >= 0.3 is 6.03 Å². The zero-order valence-electron chi connectivity index (χ0n) is 35.2. The number of fused-ring (bicyclic) bond motifs is 2. The molecule has 6 aromatic rings. The van der Waals surface area contributed by atoms with Crippen molar-refractivity contribution in [1.82, 2.24) is 0 Å². The van der Waals surface area contributed by atoms with Crippen LogP contribution in [0.4, 0.5) is 27.5 Å². The van der Waals surface area contributed by atoms with Gasteiger partial charge in [0.15, 0.2) is 0 Å². The maximum Gasteiger partial charge on any atom is 0.323 e. The molecule has 6 rings (SSSR count). The molecule has 0 aliphatic carbocycles. The Balaban J connectivity index is 1.34. The highest BCUT2D eigenvalue weighted by atomic mass is 32.2. The van der Waals surface area contributed by atoms with Crippen molar-refractivity contribution in [3.05, 3.63) is 96.1 Å². The van der Waals surface area contributed by atoms with E-state index in [-0.39, 0.29) is 12.1 Å². The van der Waals surface area contributed by atoms with Crippen LogP contribution in [0.25, 0.3) is 21.5 Å². The molecule has 0 spiro atoms. The molecule has 31 nitrogen and oxygen atoms in total. The van der Waals surface area contributed by atoms with Crippen molar-refractivity contribution in [3.8, 4) is 0 Å². The number of urea groups is 1. The molecular formula is C35H26N4O27S8. The number of rotatable bonds is 14. The van der Waals surface area contributed by atoms with E-state index in [4.69, 9.17) is 0 Å². The summed E-state index contributed by atoms with van der Waals surface area (Å²) in [5, 5.41) is 4.43. The van der Waals surface area contributed by atoms with Crippen LogP contribution in [0.2, 0.25) is 0 Å². The van der Waals surface area contributed by atoms with E-state index >= 15 is 0 Å². The van der Waals surface area contributed by atoms with Crippen LogP contribution in [0, 0.1) is 0 Å². The van der Waals surface area contributed by atoms with Crippen molar-refractivity contribution in [1.29, 1.82) is 0 Å². The van der Waals surface area contributed by atoms with E-state index in [1.54, 1.807) is 0 Å². The SMILES string of the molecule is O=C(Nc1ccc(C(=O)Nc2cc(S(=O)(=O)O)cc3cc(S(=O)(=O)O)cc(S(=O)(=O)O)c23)c(S(=O)(=O)O)c1)Nc1ccc(C(=O)Nc2cc(S(=O)(=O)O)cc3cc(S(=O)(=O)O)cc(S(=O)(=O)O)c23)c(S(=O)(=O)O)c1. The van der Waals surface area contributed by atoms with Gasteiger partial charge in [0, 0.05) is 22.1 Å². The number of carbonyl (C=O) groups is 3. The number of hydrogen-bond donors (Lipinski definition) is 12. The van der Waals surface area contributed by atoms with Crippen LogP contribution < -0.4 is 21.3 Å². The molecule has 74 heavy (non-hydrogen) atoms. The molecule has 4 amide bonds. The molecule has 0 aromatic heterocycles. The maximum absolute atomic E-state index is 13.6. The van der Waals surface area contributed by atoms with Gasteiger partial charge in [0.25, 0.3) is 92.8 Å². The van der Waals surface area contributed by atoms with Gasteiger partial charge in [-0.1, -0.05) is 0 Å². The molecule has 0 atom stereocenters. The second-order valence-electron chi connectivity index (χ2n) is 14.7. The van der Waals surface area contributed by atoms with Gasteiger partial charge in [-0.2, -0.15) is 67.3 Å². The van der Waals surface area contributed by atoms with E-state index in [1.165, 1.54) is 0 Å². The predicted octanol–water partition coefficient (Wildman–Crippen LogP) is 2.12. The van der Waals surface area contributed by atoms with Crippen LogP contribution >= 0.6 is 0 Å². The average molecular weight is 1190 g/mol. The van der Waals surface area contributed by atoms with Gasteiger partial charge < -0.3 is 21.3 Å². The molecule has 396 valence electrons. The molecule has 0 radical (unpaired) electrons. The Morgan fingerprint density at radius 2 is 0.581 bits per heavy atom. The minimum absolute atomic E-state index is 0.182. The zero-order chi connectivity index (χ0) is 55.9. The third-order valence-electron chi connectivity index (χ3n) is 9.69. The van der Waals surface area contributed by atoms with Gasteiger partial charge in [0.05, 0.1) is 42.1 Å². The molecule has 0 aliphatic rings.